The maximum Gasteiger partial charge on any atom is 0.126 e. The summed E-state index contributed by atoms with van der Waals surface area (Å²) in [6, 6.07) is 12.4. The average Bonchev–Trinajstić information content (AvgIpc) is 2.51. The van der Waals surface area contributed by atoms with Crippen LogP contribution in [0.15, 0.2) is 36.4 Å². The van der Waals surface area contributed by atoms with Crippen molar-refractivity contribution in [3.8, 4) is 5.75 Å². The van der Waals surface area contributed by atoms with Gasteiger partial charge < -0.3 is 15.2 Å². The van der Waals surface area contributed by atoms with E-state index in [4.69, 9.17) is 4.74 Å². The molecule has 1 atom stereocenters. The summed E-state index contributed by atoms with van der Waals surface area (Å²) in [4.78, 5) is 0. The molecule has 0 aliphatic heterocycles. The standard InChI is InChI=1S/C17H23NO2/c1-3-14(19)10-11-18-12-13-8-9-17(20-2)16-7-5-4-6-15(13)16/h4-9,14,18-19H,3,10-12H2,1-2H3. The summed E-state index contributed by atoms with van der Waals surface area (Å²) in [5.41, 5.74) is 1.26. The van der Waals surface area contributed by atoms with E-state index in [1.54, 1.807) is 7.11 Å². The maximum absolute atomic E-state index is 9.54. The number of benzene rings is 2. The van der Waals surface area contributed by atoms with Crippen LogP contribution in [0.3, 0.4) is 0 Å². The number of fused-ring (bicyclic) bond motifs is 1. The molecule has 2 aromatic rings. The van der Waals surface area contributed by atoms with E-state index in [9.17, 15) is 5.11 Å². The van der Waals surface area contributed by atoms with Gasteiger partial charge in [0, 0.05) is 11.9 Å². The first-order chi connectivity index (χ1) is 9.76. The first-order valence-electron chi connectivity index (χ1n) is 7.19. The number of hydrogen-bond donors (Lipinski definition) is 2. The molecule has 0 heterocycles. The smallest absolute Gasteiger partial charge is 0.126 e. The molecule has 2 N–H and O–H groups in total. The van der Waals surface area contributed by atoms with E-state index in [1.165, 1.54) is 10.9 Å². The summed E-state index contributed by atoms with van der Waals surface area (Å²) in [6.07, 6.45) is 1.41. The lowest BCUT2D eigenvalue weighted by atomic mass is 10.0. The van der Waals surface area contributed by atoms with E-state index in [0.29, 0.717) is 0 Å². The van der Waals surface area contributed by atoms with Crippen LogP contribution in [0.25, 0.3) is 10.8 Å². The van der Waals surface area contributed by atoms with Gasteiger partial charge >= 0.3 is 0 Å². The fourth-order valence-electron chi connectivity index (χ4n) is 2.36. The maximum atomic E-state index is 9.54. The third kappa shape index (κ3) is 3.50. The van der Waals surface area contributed by atoms with Crippen molar-refractivity contribution in [2.75, 3.05) is 13.7 Å². The van der Waals surface area contributed by atoms with Gasteiger partial charge in [-0.1, -0.05) is 37.3 Å². The van der Waals surface area contributed by atoms with Crippen LogP contribution in [-0.4, -0.2) is 24.9 Å². The highest BCUT2D eigenvalue weighted by atomic mass is 16.5. The molecule has 0 aromatic heterocycles. The summed E-state index contributed by atoms with van der Waals surface area (Å²) in [7, 11) is 1.70. The number of hydrogen-bond acceptors (Lipinski definition) is 3. The number of rotatable bonds is 7. The molecule has 108 valence electrons. The molecule has 3 nitrogen and oxygen atoms in total. The monoisotopic (exact) mass is 273 g/mol. The Morgan fingerprint density at radius 2 is 1.90 bits per heavy atom. The minimum Gasteiger partial charge on any atom is -0.496 e. The minimum absolute atomic E-state index is 0.199. The minimum atomic E-state index is -0.199. The van der Waals surface area contributed by atoms with E-state index < -0.39 is 0 Å². The first kappa shape index (κ1) is 14.8. The Labute approximate surface area is 120 Å². The summed E-state index contributed by atoms with van der Waals surface area (Å²) in [5, 5.41) is 15.3. The lowest BCUT2D eigenvalue weighted by molar-refractivity contribution is 0.159. The van der Waals surface area contributed by atoms with Crippen molar-refractivity contribution < 1.29 is 9.84 Å². The molecule has 0 aliphatic carbocycles. The van der Waals surface area contributed by atoms with Crippen LogP contribution < -0.4 is 10.1 Å². The Kier molecular flexibility index (Phi) is 5.39. The van der Waals surface area contributed by atoms with Crippen molar-refractivity contribution >= 4 is 10.8 Å². The number of ether oxygens (including phenoxy) is 1. The zero-order valence-corrected chi connectivity index (χ0v) is 12.2. The Balaban J connectivity index is 2.07. The third-order valence-electron chi connectivity index (χ3n) is 3.64. The normalized spacial score (nSPS) is 12.6. The second-order valence-electron chi connectivity index (χ2n) is 5.00. The second kappa shape index (κ2) is 7.27. The predicted octanol–water partition coefficient (Wildman–Crippen LogP) is 3.10. The SMILES string of the molecule is CCC(O)CCNCc1ccc(OC)c2ccccc12. The molecule has 0 aliphatic rings. The van der Waals surface area contributed by atoms with Gasteiger partial charge in [-0.05, 0) is 36.4 Å². The molecular weight excluding hydrogens is 250 g/mol. The van der Waals surface area contributed by atoms with Crippen molar-refractivity contribution in [1.29, 1.82) is 0 Å². The fourth-order valence-corrected chi connectivity index (χ4v) is 2.36. The van der Waals surface area contributed by atoms with E-state index in [2.05, 4.69) is 23.5 Å². The molecule has 0 bridgehead atoms. The molecule has 0 spiro atoms. The predicted molar refractivity (Wildman–Crippen MR) is 83.1 cm³/mol. The van der Waals surface area contributed by atoms with Gasteiger partial charge in [0.15, 0.2) is 0 Å². The lowest BCUT2D eigenvalue weighted by Crippen LogP contribution is -2.19. The Morgan fingerprint density at radius 1 is 1.15 bits per heavy atom. The molecule has 1 unspecified atom stereocenters. The molecule has 20 heavy (non-hydrogen) atoms. The van der Waals surface area contributed by atoms with Gasteiger partial charge in [0.2, 0.25) is 0 Å². The van der Waals surface area contributed by atoms with Gasteiger partial charge in [-0.25, -0.2) is 0 Å². The molecule has 0 saturated heterocycles. The van der Waals surface area contributed by atoms with Crippen molar-refractivity contribution in [3.05, 3.63) is 42.0 Å². The number of aliphatic hydroxyl groups is 1. The topological polar surface area (TPSA) is 41.5 Å². The molecule has 0 saturated carbocycles. The summed E-state index contributed by atoms with van der Waals surface area (Å²) < 4.78 is 5.40. The van der Waals surface area contributed by atoms with Crippen LogP contribution >= 0.6 is 0 Å². The molecule has 0 amide bonds. The van der Waals surface area contributed by atoms with Gasteiger partial charge in [0.05, 0.1) is 13.2 Å². The molecule has 0 fully saturated rings. The van der Waals surface area contributed by atoms with Gasteiger partial charge in [-0.3, -0.25) is 0 Å². The van der Waals surface area contributed by atoms with Gasteiger partial charge in [-0.15, -0.1) is 0 Å². The molecule has 0 radical (unpaired) electrons. The lowest BCUT2D eigenvalue weighted by Gasteiger charge is -2.12. The van der Waals surface area contributed by atoms with Gasteiger partial charge in [0.1, 0.15) is 5.75 Å². The van der Waals surface area contributed by atoms with Crippen LogP contribution in [-0.2, 0) is 6.54 Å². The molecule has 3 heteroatoms. The Bertz CT molecular complexity index is 554. The number of aliphatic hydroxyl groups excluding tert-OH is 1. The largest absolute Gasteiger partial charge is 0.496 e. The van der Waals surface area contributed by atoms with E-state index in [0.717, 1.165) is 37.1 Å². The van der Waals surface area contributed by atoms with Crippen molar-refractivity contribution in [3.63, 3.8) is 0 Å². The highest BCUT2D eigenvalue weighted by Crippen LogP contribution is 2.28. The average molecular weight is 273 g/mol. The van der Waals surface area contributed by atoms with Crippen LogP contribution in [0, 0.1) is 0 Å². The van der Waals surface area contributed by atoms with Crippen molar-refractivity contribution in [2.45, 2.75) is 32.4 Å². The van der Waals surface area contributed by atoms with Crippen LogP contribution in [0.4, 0.5) is 0 Å². The van der Waals surface area contributed by atoms with Gasteiger partial charge in [-0.2, -0.15) is 0 Å². The first-order valence-corrected chi connectivity index (χ1v) is 7.19. The summed E-state index contributed by atoms with van der Waals surface area (Å²) in [5.74, 6) is 0.908. The van der Waals surface area contributed by atoms with Crippen LogP contribution in [0.2, 0.25) is 0 Å². The highest BCUT2D eigenvalue weighted by Gasteiger charge is 2.06. The Hall–Kier alpha value is -1.58. The molecular formula is C17H23NO2. The van der Waals surface area contributed by atoms with Crippen molar-refractivity contribution in [1.82, 2.24) is 5.32 Å². The summed E-state index contributed by atoms with van der Waals surface area (Å²) in [6.45, 7) is 3.64. The number of methoxy groups -OCH3 is 1. The zero-order valence-electron chi connectivity index (χ0n) is 12.2. The molecule has 2 rings (SSSR count). The molecule has 2 aromatic carbocycles. The zero-order chi connectivity index (χ0) is 14.4. The summed E-state index contributed by atoms with van der Waals surface area (Å²) >= 11 is 0. The quantitative estimate of drug-likeness (QED) is 0.762. The fraction of sp³-hybridized carbons (Fsp3) is 0.412. The second-order valence-corrected chi connectivity index (χ2v) is 5.00. The van der Waals surface area contributed by atoms with Crippen LogP contribution in [0.5, 0.6) is 5.75 Å². The van der Waals surface area contributed by atoms with E-state index in [-0.39, 0.29) is 6.10 Å². The van der Waals surface area contributed by atoms with Crippen LogP contribution in [0.1, 0.15) is 25.3 Å². The van der Waals surface area contributed by atoms with E-state index in [1.807, 2.05) is 25.1 Å². The van der Waals surface area contributed by atoms with Gasteiger partial charge in [0.25, 0.3) is 0 Å². The van der Waals surface area contributed by atoms with Crippen molar-refractivity contribution in [2.24, 2.45) is 0 Å². The Morgan fingerprint density at radius 3 is 2.60 bits per heavy atom. The highest BCUT2D eigenvalue weighted by molar-refractivity contribution is 5.91. The number of nitrogens with one attached hydrogen (secondary N) is 1. The van der Waals surface area contributed by atoms with E-state index >= 15 is 0 Å². The third-order valence-corrected chi connectivity index (χ3v) is 3.64.